The van der Waals surface area contributed by atoms with Crippen molar-refractivity contribution < 1.29 is 18.0 Å². The summed E-state index contributed by atoms with van der Waals surface area (Å²) in [5.41, 5.74) is -1.30. The number of amides is 1. The summed E-state index contributed by atoms with van der Waals surface area (Å²) < 4.78 is 36.4. The Hall–Kier alpha value is -1.53. The van der Waals surface area contributed by atoms with Crippen LogP contribution in [-0.2, 0) is 6.18 Å². The van der Waals surface area contributed by atoms with E-state index >= 15 is 0 Å². The lowest BCUT2D eigenvalue weighted by atomic mass is 10.3. The van der Waals surface area contributed by atoms with E-state index in [0.29, 0.717) is 6.07 Å². The van der Waals surface area contributed by atoms with Gasteiger partial charge in [0.05, 0.1) is 0 Å². The summed E-state index contributed by atoms with van der Waals surface area (Å²) in [6.45, 7) is 3.41. The molecule has 4 nitrogen and oxygen atoms in total. The van der Waals surface area contributed by atoms with E-state index in [4.69, 9.17) is 0 Å². The second-order valence-corrected chi connectivity index (χ2v) is 3.29. The zero-order valence-corrected chi connectivity index (χ0v) is 8.14. The number of aromatic nitrogens is 2. The van der Waals surface area contributed by atoms with Crippen molar-refractivity contribution in [1.82, 2.24) is 15.5 Å². The summed E-state index contributed by atoms with van der Waals surface area (Å²) >= 11 is 0. The normalized spacial score (nSPS) is 11.9. The highest BCUT2D eigenvalue weighted by Gasteiger charge is 2.33. The third-order valence-corrected chi connectivity index (χ3v) is 1.54. The Balaban J connectivity index is 2.81. The van der Waals surface area contributed by atoms with E-state index in [1.54, 1.807) is 18.9 Å². The van der Waals surface area contributed by atoms with Gasteiger partial charge in [-0.2, -0.15) is 18.3 Å². The number of carbonyl (C=O) groups is 1. The Kier molecular flexibility index (Phi) is 3.01. The number of hydrogen-bond donors (Lipinski definition) is 2. The maximum atomic E-state index is 12.1. The molecule has 0 aliphatic carbocycles. The van der Waals surface area contributed by atoms with Gasteiger partial charge < -0.3 is 5.32 Å². The predicted molar refractivity (Wildman–Crippen MR) is 46.2 cm³/mol. The molecule has 0 atom stereocenters. The lowest BCUT2D eigenvalue weighted by molar-refractivity contribution is -0.141. The van der Waals surface area contributed by atoms with E-state index in [1.165, 1.54) is 0 Å². The molecule has 0 bridgehead atoms. The molecule has 15 heavy (non-hydrogen) atoms. The molecule has 1 amide bonds. The SMILES string of the molecule is CC(C)NC(=O)c1cc(C(F)(F)F)[nH]n1. The summed E-state index contributed by atoms with van der Waals surface area (Å²) in [5, 5.41) is 7.48. The number of nitrogens with zero attached hydrogens (tertiary/aromatic N) is 1. The Bertz CT molecular complexity index is 356. The number of H-pyrrole nitrogens is 1. The third-order valence-electron chi connectivity index (χ3n) is 1.54. The molecule has 1 heterocycles. The Morgan fingerprint density at radius 1 is 1.53 bits per heavy atom. The molecule has 1 rings (SSSR count). The minimum atomic E-state index is -4.51. The van der Waals surface area contributed by atoms with Crippen molar-refractivity contribution in [1.29, 1.82) is 0 Å². The first-order valence-corrected chi connectivity index (χ1v) is 4.24. The Labute approximate surface area is 83.9 Å². The maximum Gasteiger partial charge on any atom is 0.432 e. The van der Waals surface area contributed by atoms with Crippen molar-refractivity contribution in [2.24, 2.45) is 0 Å². The van der Waals surface area contributed by atoms with Gasteiger partial charge in [-0.25, -0.2) is 0 Å². The highest BCUT2D eigenvalue weighted by molar-refractivity contribution is 5.92. The van der Waals surface area contributed by atoms with Gasteiger partial charge in [0, 0.05) is 12.1 Å². The number of rotatable bonds is 2. The number of halogens is 3. The Morgan fingerprint density at radius 2 is 2.13 bits per heavy atom. The van der Waals surface area contributed by atoms with Crippen LogP contribution in [0.2, 0.25) is 0 Å². The lowest BCUT2D eigenvalue weighted by Crippen LogP contribution is -2.30. The van der Waals surface area contributed by atoms with Crippen LogP contribution in [0.5, 0.6) is 0 Å². The smallest absolute Gasteiger partial charge is 0.348 e. The number of hydrogen-bond acceptors (Lipinski definition) is 2. The van der Waals surface area contributed by atoms with Crippen LogP contribution in [0.3, 0.4) is 0 Å². The molecule has 0 aromatic carbocycles. The molecule has 0 aliphatic heterocycles. The molecule has 84 valence electrons. The molecule has 0 radical (unpaired) electrons. The first kappa shape index (κ1) is 11.5. The van der Waals surface area contributed by atoms with Crippen LogP contribution >= 0.6 is 0 Å². The third kappa shape index (κ3) is 2.97. The molecular weight excluding hydrogens is 211 g/mol. The van der Waals surface area contributed by atoms with Crippen molar-refractivity contribution in [3.63, 3.8) is 0 Å². The van der Waals surface area contributed by atoms with Crippen LogP contribution < -0.4 is 5.32 Å². The zero-order chi connectivity index (χ0) is 11.6. The quantitative estimate of drug-likeness (QED) is 0.796. The summed E-state index contributed by atoms with van der Waals surface area (Å²) in [6, 6.07) is 0.529. The number of alkyl halides is 3. The van der Waals surface area contributed by atoms with Gasteiger partial charge in [0.15, 0.2) is 5.69 Å². The van der Waals surface area contributed by atoms with Gasteiger partial charge in [-0.1, -0.05) is 0 Å². The fraction of sp³-hybridized carbons (Fsp3) is 0.500. The topological polar surface area (TPSA) is 57.8 Å². The van der Waals surface area contributed by atoms with E-state index in [2.05, 4.69) is 10.4 Å². The number of carbonyl (C=O) groups excluding carboxylic acids is 1. The van der Waals surface area contributed by atoms with Crippen molar-refractivity contribution in [3.8, 4) is 0 Å². The molecule has 1 aromatic rings. The maximum absolute atomic E-state index is 12.1. The fourth-order valence-electron chi connectivity index (χ4n) is 0.919. The molecule has 0 unspecified atom stereocenters. The van der Waals surface area contributed by atoms with Crippen molar-refractivity contribution >= 4 is 5.91 Å². The number of aromatic amines is 1. The van der Waals surface area contributed by atoms with Crippen molar-refractivity contribution in [3.05, 3.63) is 17.5 Å². The molecule has 0 aliphatic rings. The average molecular weight is 221 g/mol. The van der Waals surface area contributed by atoms with Crippen LogP contribution in [0.25, 0.3) is 0 Å². The molecule has 0 saturated carbocycles. The van der Waals surface area contributed by atoms with E-state index in [9.17, 15) is 18.0 Å². The minimum absolute atomic E-state index is 0.150. The second-order valence-electron chi connectivity index (χ2n) is 3.29. The van der Waals surface area contributed by atoms with Crippen LogP contribution in [0, 0.1) is 0 Å². The first-order chi connectivity index (χ1) is 6.80. The molecular formula is C8H10F3N3O. The highest BCUT2D eigenvalue weighted by Crippen LogP contribution is 2.27. The molecule has 0 saturated heterocycles. The fourth-order valence-corrected chi connectivity index (χ4v) is 0.919. The van der Waals surface area contributed by atoms with E-state index in [-0.39, 0.29) is 11.7 Å². The van der Waals surface area contributed by atoms with E-state index < -0.39 is 17.8 Å². The van der Waals surface area contributed by atoms with E-state index in [1.807, 2.05) is 0 Å². The second kappa shape index (κ2) is 3.92. The van der Waals surface area contributed by atoms with Crippen LogP contribution in [0.1, 0.15) is 30.0 Å². The minimum Gasteiger partial charge on any atom is -0.348 e. The first-order valence-electron chi connectivity index (χ1n) is 4.24. The molecule has 2 N–H and O–H groups in total. The highest BCUT2D eigenvalue weighted by atomic mass is 19.4. The van der Waals surface area contributed by atoms with Crippen molar-refractivity contribution in [2.75, 3.05) is 0 Å². The standard InChI is InChI=1S/C8H10F3N3O/c1-4(2)12-7(15)5-3-6(14-13-5)8(9,10)11/h3-4H,1-2H3,(H,12,15)(H,13,14). The van der Waals surface area contributed by atoms with Gasteiger partial charge in [0.1, 0.15) is 5.69 Å². The average Bonchev–Trinajstić information content (AvgIpc) is 2.48. The number of nitrogens with one attached hydrogen (secondary N) is 2. The largest absolute Gasteiger partial charge is 0.432 e. The summed E-state index contributed by atoms with van der Waals surface area (Å²) in [5.74, 6) is -0.628. The lowest BCUT2D eigenvalue weighted by Gasteiger charge is -2.05. The van der Waals surface area contributed by atoms with Crippen molar-refractivity contribution in [2.45, 2.75) is 26.1 Å². The van der Waals surface area contributed by atoms with Gasteiger partial charge >= 0.3 is 6.18 Å². The summed E-state index contributed by atoms with van der Waals surface area (Å²) in [7, 11) is 0. The Morgan fingerprint density at radius 3 is 2.53 bits per heavy atom. The van der Waals surface area contributed by atoms with Gasteiger partial charge in [0.2, 0.25) is 0 Å². The van der Waals surface area contributed by atoms with Gasteiger partial charge in [-0.15, -0.1) is 0 Å². The van der Waals surface area contributed by atoms with Crippen LogP contribution in [-0.4, -0.2) is 22.1 Å². The van der Waals surface area contributed by atoms with Crippen LogP contribution in [0.15, 0.2) is 6.07 Å². The molecule has 7 heteroatoms. The zero-order valence-electron chi connectivity index (χ0n) is 8.14. The predicted octanol–water partition coefficient (Wildman–Crippen LogP) is 1.57. The van der Waals surface area contributed by atoms with Gasteiger partial charge in [-0.05, 0) is 13.8 Å². The monoisotopic (exact) mass is 221 g/mol. The molecule has 0 spiro atoms. The van der Waals surface area contributed by atoms with Gasteiger partial charge in [-0.3, -0.25) is 9.89 Å². The molecule has 0 fully saturated rings. The van der Waals surface area contributed by atoms with E-state index in [0.717, 1.165) is 0 Å². The summed E-state index contributed by atoms with van der Waals surface area (Å²) in [4.78, 5) is 11.2. The summed E-state index contributed by atoms with van der Waals surface area (Å²) in [6.07, 6.45) is -4.51. The van der Waals surface area contributed by atoms with Gasteiger partial charge in [0.25, 0.3) is 5.91 Å². The molecule has 1 aromatic heterocycles. The van der Waals surface area contributed by atoms with Crippen LogP contribution in [0.4, 0.5) is 13.2 Å².